The number of benzene rings is 2. The number of nitrogens with zero attached hydrogens (tertiary/aromatic N) is 2. The zero-order valence-electron chi connectivity index (χ0n) is 12.1. The van der Waals surface area contributed by atoms with E-state index in [2.05, 4.69) is 15.3 Å². The lowest BCUT2D eigenvalue weighted by molar-refractivity contribution is 0.374. The van der Waals surface area contributed by atoms with E-state index in [-0.39, 0.29) is 5.75 Å². The Morgan fingerprint density at radius 1 is 1.18 bits per heavy atom. The summed E-state index contributed by atoms with van der Waals surface area (Å²) < 4.78 is 5.09. The number of aryl methyl sites for hydroxylation is 1. The average molecular weight is 316 g/mol. The second-order valence-electron chi connectivity index (χ2n) is 4.85. The van der Waals surface area contributed by atoms with Crippen LogP contribution in [0.4, 0.5) is 11.5 Å². The van der Waals surface area contributed by atoms with Crippen molar-refractivity contribution in [3.05, 3.63) is 47.2 Å². The first kappa shape index (κ1) is 14.4. The van der Waals surface area contributed by atoms with E-state index in [1.54, 1.807) is 12.1 Å². The van der Waals surface area contributed by atoms with Crippen molar-refractivity contribution in [1.82, 2.24) is 9.97 Å². The van der Waals surface area contributed by atoms with Crippen molar-refractivity contribution in [2.75, 3.05) is 12.4 Å². The topological polar surface area (TPSA) is 67.3 Å². The molecule has 5 nitrogen and oxygen atoms in total. The lowest BCUT2D eigenvalue weighted by Crippen LogP contribution is -1.97. The van der Waals surface area contributed by atoms with Crippen LogP contribution in [0, 0.1) is 6.92 Å². The van der Waals surface area contributed by atoms with Gasteiger partial charge in [-0.25, -0.2) is 9.97 Å². The van der Waals surface area contributed by atoms with E-state index in [0.29, 0.717) is 27.5 Å². The summed E-state index contributed by atoms with van der Waals surface area (Å²) in [4.78, 5) is 8.43. The molecule has 0 saturated carbocycles. The predicted molar refractivity (Wildman–Crippen MR) is 87.2 cm³/mol. The third kappa shape index (κ3) is 2.63. The highest BCUT2D eigenvalue weighted by molar-refractivity contribution is 6.31. The fraction of sp³-hybridized carbons (Fsp3) is 0.125. The van der Waals surface area contributed by atoms with Crippen molar-refractivity contribution in [1.29, 1.82) is 0 Å². The number of aromatic hydroxyl groups is 1. The molecule has 0 spiro atoms. The second-order valence-corrected chi connectivity index (χ2v) is 5.26. The van der Waals surface area contributed by atoms with E-state index in [9.17, 15) is 5.11 Å². The Morgan fingerprint density at radius 3 is 2.73 bits per heavy atom. The quantitative estimate of drug-likeness (QED) is 0.763. The van der Waals surface area contributed by atoms with Gasteiger partial charge < -0.3 is 15.2 Å². The Labute approximate surface area is 132 Å². The van der Waals surface area contributed by atoms with E-state index in [1.807, 2.05) is 25.1 Å². The summed E-state index contributed by atoms with van der Waals surface area (Å²) in [6, 6.07) is 8.91. The monoisotopic (exact) mass is 315 g/mol. The number of phenolic OH excluding ortho intramolecular Hbond substituents is 1. The minimum absolute atomic E-state index is 0.0368. The number of nitrogens with one attached hydrogen (secondary N) is 1. The van der Waals surface area contributed by atoms with Crippen LogP contribution in [-0.2, 0) is 0 Å². The Bertz CT molecular complexity index is 852. The maximum absolute atomic E-state index is 9.95. The van der Waals surface area contributed by atoms with Crippen LogP contribution in [-0.4, -0.2) is 22.2 Å². The van der Waals surface area contributed by atoms with Crippen molar-refractivity contribution >= 4 is 34.0 Å². The summed E-state index contributed by atoms with van der Waals surface area (Å²) in [5.41, 5.74) is 2.48. The zero-order chi connectivity index (χ0) is 15.7. The van der Waals surface area contributed by atoms with Gasteiger partial charge in [-0.05, 0) is 30.7 Å². The van der Waals surface area contributed by atoms with Crippen molar-refractivity contribution in [2.45, 2.75) is 6.92 Å². The molecule has 22 heavy (non-hydrogen) atoms. The standard InChI is InChI=1S/C16H14ClN3O2/c1-9-3-4-10(5-12(9)17)20-16-11-6-14(21)15(22-2)7-13(11)18-8-19-16/h3-8,21H,1-2H3,(H,18,19,20). The van der Waals surface area contributed by atoms with Gasteiger partial charge in [0.25, 0.3) is 0 Å². The summed E-state index contributed by atoms with van der Waals surface area (Å²) in [5.74, 6) is 0.994. The maximum Gasteiger partial charge on any atom is 0.162 e. The lowest BCUT2D eigenvalue weighted by Gasteiger charge is -2.11. The van der Waals surface area contributed by atoms with Crippen LogP contribution in [0.15, 0.2) is 36.7 Å². The van der Waals surface area contributed by atoms with Gasteiger partial charge in [-0.3, -0.25) is 0 Å². The highest BCUT2D eigenvalue weighted by Crippen LogP contribution is 2.33. The highest BCUT2D eigenvalue weighted by atomic mass is 35.5. The Hall–Kier alpha value is -2.53. The highest BCUT2D eigenvalue weighted by Gasteiger charge is 2.10. The van der Waals surface area contributed by atoms with Gasteiger partial charge in [-0.2, -0.15) is 0 Å². The Balaban J connectivity index is 2.06. The Morgan fingerprint density at radius 2 is 2.00 bits per heavy atom. The third-order valence-corrected chi connectivity index (χ3v) is 3.78. The minimum Gasteiger partial charge on any atom is -0.504 e. The van der Waals surface area contributed by atoms with Gasteiger partial charge in [-0.1, -0.05) is 17.7 Å². The number of fused-ring (bicyclic) bond motifs is 1. The maximum atomic E-state index is 9.95. The molecule has 1 aromatic heterocycles. The van der Waals surface area contributed by atoms with Gasteiger partial charge >= 0.3 is 0 Å². The van der Waals surface area contributed by atoms with Crippen LogP contribution in [0.25, 0.3) is 10.9 Å². The molecule has 1 heterocycles. The molecule has 0 bridgehead atoms. The number of aromatic nitrogens is 2. The van der Waals surface area contributed by atoms with E-state index < -0.39 is 0 Å². The number of phenols is 1. The molecule has 0 aliphatic rings. The van der Waals surface area contributed by atoms with Crippen molar-refractivity contribution in [3.8, 4) is 11.5 Å². The molecular formula is C16H14ClN3O2. The molecule has 0 amide bonds. The largest absolute Gasteiger partial charge is 0.504 e. The summed E-state index contributed by atoms with van der Waals surface area (Å²) >= 11 is 6.13. The van der Waals surface area contributed by atoms with Crippen LogP contribution < -0.4 is 10.1 Å². The molecule has 0 radical (unpaired) electrons. The molecule has 3 rings (SSSR count). The van der Waals surface area contributed by atoms with E-state index in [0.717, 1.165) is 11.3 Å². The first-order valence-corrected chi connectivity index (χ1v) is 7.01. The SMILES string of the molecule is COc1cc2ncnc(Nc3ccc(C)c(Cl)c3)c2cc1O. The van der Waals surface area contributed by atoms with Crippen LogP contribution in [0.1, 0.15) is 5.56 Å². The molecule has 0 fully saturated rings. The number of hydrogen-bond donors (Lipinski definition) is 2. The summed E-state index contributed by atoms with van der Waals surface area (Å²) in [6.45, 7) is 1.94. The number of anilines is 2. The molecule has 0 unspecified atom stereocenters. The molecular weight excluding hydrogens is 302 g/mol. The van der Waals surface area contributed by atoms with Crippen LogP contribution in [0.5, 0.6) is 11.5 Å². The summed E-state index contributed by atoms with van der Waals surface area (Å²) in [7, 11) is 1.50. The molecule has 0 saturated heterocycles. The predicted octanol–water partition coefficient (Wildman–Crippen LogP) is 4.05. The zero-order valence-corrected chi connectivity index (χ0v) is 12.8. The molecule has 0 aliphatic heterocycles. The fourth-order valence-electron chi connectivity index (χ4n) is 2.14. The van der Waals surface area contributed by atoms with Crippen LogP contribution in [0.3, 0.4) is 0 Å². The van der Waals surface area contributed by atoms with Crippen LogP contribution in [0.2, 0.25) is 5.02 Å². The number of methoxy groups -OCH3 is 1. The van der Waals surface area contributed by atoms with Gasteiger partial charge in [-0.15, -0.1) is 0 Å². The fourth-order valence-corrected chi connectivity index (χ4v) is 2.32. The van der Waals surface area contributed by atoms with Crippen molar-refractivity contribution in [2.24, 2.45) is 0 Å². The van der Waals surface area contributed by atoms with Gasteiger partial charge in [0, 0.05) is 22.2 Å². The normalized spacial score (nSPS) is 10.7. The molecule has 3 aromatic rings. The average Bonchev–Trinajstić information content (AvgIpc) is 2.51. The number of hydrogen-bond acceptors (Lipinski definition) is 5. The van der Waals surface area contributed by atoms with Gasteiger partial charge in [0.2, 0.25) is 0 Å². The molecule has 6 heteroatoms. The molecule has 0 atom stereocenters. The Kier molecular flexibility index (Phi) is 3.73. The van der Waals surface area contributed by atoms with Gasteiger partial charge in [0.15, 0.2) is 11.5 Å². The smallest absolute Gasteiger partial charge is 0.162 e. The molecule has 0 aliphatic carbocycles. The van der Waals surface area contributed by atoms with Crippen LogP contribution >= 0.6 is 11.6 Å². The lowest BCUT2D eigenvalue weighted by atomic mass is 10.2. The van der Waals surface area contributed by atoms with E-state index >= 15 is 0 Å². The summed E-state index contributed by atoms with van der Waals surface area (Å²) in [5, 5.41) is 14.5. The number of halogens is 1. The van der Waals surface area contributed by atoms with Crippen molar-refractivity contribution < 1.29 is 9.84 Å². The first-order chi connectivity index (χ1) is 10.6. The third-order valence-electron chi connectivity index (χ3n) is 3.37. The first-order valence-electron chi connectivity index (χ1n) is 6.63. The van der Waals surface area contributed by atoms with Crippen molar-refractivity contribution in [3.63, 3.8) is 0 Å². The van der Waals surface area contributed by atoms with E-state index in [4.69, 9.17) is 16.3 Å². The summed E-state index contributed by atoms with van der Waals surface area (Å²) in [6.07, 6.45) is 1.46. The second kappa shape index (κ2) is 5.69. The van der Waals surface area contributed by atoms with Gasteiger partial charge in [0.1, 0.15) is 12.1 Å². The van der Waals surface area contributed by atoms with E-state index in [1.165, 1.54) is 13.4 Å². The molecule has 2 N–H and O–H groups in total. The molecule has 112 valence electrons. The minimum atomic E-state index is 0.0368. The number of ether oxygens (including phenoxy) is 1. The van der Waals surface area contributed by atoms with Gasteiger partial charge in [0.05, 0.1) is 12.6 Å². The number of rotatable bonds is 3. The molecule has 2 aromatic carbocycles.